The van der Waals surface area contributed by atoms with Gasteiger partial charge in [-0.1, -0.05) is 12.1 Å². The van der Waals surface area contributed by atoms with Crippen molar-refractivity contribution in [3.05, 3.63) is 47.5 Å². The Morgan fingerprint density at radius 2 is 0.974 bits per heavy atom. The zero-order valence-corrected chi connectivity index (χ0v) is 24.9. The summed E-state index contributed by atoms with van der Waals surface area (Å²) in [4.78, 5) is -0.455. The van der Waals surface area contributed by atoms with E-state index in [1.807, 2.05) is 0 Å². The van der Waals surface area contributed by atoms with E-state index in [-0.39, 0.29) is 70.2 Å². The molecule has 5 rings (SSSR count). The summed E-state index contributed by atoms with van der Waals surface area (Å²) in [7, 11) is -12.2. The average Bonchev–Trinajstić information content (AvgIpc) is 2.96. The van der Waals surface area contributed by atoms with Crippen molar-refractivity contribution in [2.24, 2.45) is 0 Å². The minimum absolute atomic E-state index is 0.111. The van der Waals surface area contributed by atoms with Gasteiger partial charge in [0.15, 0.2) is 0 Å². The van der Waals surface area contributed by atoms with E-state index in [2.05, 4.69) is 0 Å². The molecule has 0 saturated carbocycles. The molecule has 0 radical (unpaired) electrons. The first-order valence-corrected chi connectivity index (χ1v) is 17.4. The normalized spacial score (nSPS) is 28.3. The van der Waals surface area contributed by atoms with Crippen LogP contribution in [-0.2, 0) is 52.2 Å². The third-order valence-corrected chi connectivity index (χ3v) is 12.9. The lowest BCUT2D eigenvalue weighted by molar-refractivity contribution is -0.0442. The predicted octanol–water partition coefficient (Wildman–Crippen LogP) is 2.21. The monoisotopic (exact) mass is 598 g/mol. The summed E-state index contributed by atoms with van der Waals surface area (Å²) >= 11 is 0. The maximum atomic E-state index is 14.0. The van der Waals surface area contributed by atoms with Crippen LogP contribution in [0.3, 0.4) is 0 Å². The van der Waals surface area contributed by atoms with Crippen LogP contribution in [0.5, 0.6) is 0 Å². The van der Waals surface area contributed by atoms with Gasteiger partial charge in [-0.3, -0.25) is 0 Å². The van der Waals surface area contributed by atoms with E-state index in [1.54, 1.807) is 39.8 Å². The third kappa shape index (κ3) is 5.30. The van der Waals surface area contributed by atoms with Crippen LogP contribution in [0, 0.1) is 0 Å². The molecule has 0 aliphatic carbocycles. The highest BCUT2D eigenvalue weighted by molar-refractivity contribution is 7.92. The van der Waals surface area contributed by atoms with E-state index in [9.17, 15) is 25.3 Å². The number of morpholine rings is 2. The van der Waals surface area contributed by atoms with Gasteiger partial charge in [0.25, 0.3) is 0 Å². The number of nitrogens with zero attached hydrogens (tertiary/aromatic N) is 2. The summed E-state index contributed by atoms with van der Waals surface area (Å²) in [6.07, 6.45) is -0.429. The standard InChI is InChI=1S/C26H34N2O8S3/c1-17-13-27(14-18(2)35-17)38(31,32)23-9-7-21-5-6-22-8-10-24(12-26(22)37(29,30)25(21)11-23)39(33,34)28-15-19(3)36-20(4)16-28/h7-12,17-20H,5-6,13-16H2,1-4H3/t17-,18+,19-,20+. The molecule has 39 heavy (non-hydrogen) atoms. The molecule has 214 valence electrons. The molecule has 2 fully saturated rings. The molecule has 0 spiro atoms. The highest BCUT2D eigenvalue weighted by Gasteiger charge is 2.37. The van der Waals surface area contributed by atoms with Crippen molar-refractivity contribution in [1.82, 2.24) is 8.61 Å². The predicted molar refractivity (Wildman–Crippen MR) is 143 cm³/mol. The molecule has 4 atom stereocenters. The van der Waals surface area contributed by atoms with Gasteiger partial charge in [0.2, 0.25) is 29.9 Å². The van der Waals surface area contributed by atoms with E-state index >= 15 is 0 Å². The summed E-state index contributed by atoms with van der Waals surface area (Å²) < 4.78 is 95.9. The summed E-state index contributed by atoms with van der Waals surface area (Å²) in [5, 5.41) is 0. The molecule has 0 N–H and O–H groups in total. The second kappa shape index (κ2) is 10.2. The first-order valence-electron chi connectivity index (χ1n) is 13.0. The number of benzene rings is 2. The lowest BCUT2D eigenvalue weighted by Gasteiger charge is -2.34. The number of hydrogen-bond donors (Lipinski definition) is 0. The van der Waals surface area contributed by atoms with Gasteiger partial charge in [0, 0.05) is 26.2 Å². The first-order chi connectivity index (χ1) is 18.2. The van der Waals surface area contributed by atoms with E-state index in [4.69, 9.17) is 9.47 Å². The van der Waals surface area contributed by atoms with Crippen LogP contribution in [0.1, 0.15) is 38.8 Å². The Balaban J connectivity index is 1.55. The number of rotatable bonds is 4. The third-order valence-electron chi connectivity index (χ3n) is 7.37. The molecule has 3 aliphatic heterocycles. The highest BCUT2D eigenvalue weighted by Crippen LogP contribution is 2.36. The average molecular weight is 599 g/mol. The molecular formula is C26H34N2O8S3. The number of ether oxygens (including phenoxy) is 2. The van der Waals surface area contributed by atoms with Crippen LogP contribution in [0.2, 0.25) is 0 Å². The van der Waals surface area contributed by atoms with Gasteiger partial charge in [0.05, 0.1) is 44.0 Å². The molecule has 2 aromatic carbocycles. The molecule has 13 heteroatoms. The van der Waals surface area contributed by atoms with Crippen molar-refractivity contribution in [2.45, 2.75) is 84.5 Å². The van der Waals surface area contributed by atoms with Gasteiger partial charge < -0.3 is 9.47 Å². The van der Waals surface area contributed by atoms with Crippen LogP contribution in [0.15, 0.2) is 56.0 Å². The molecule has 10 nitrogen and oxygen atoms in total. The number of fused-ring (bicyclic) bond motifs is 2. The van der Waals surface area contributed by atoms with Crippen molar-refractivity contribution in [1.29, 1.82) is 0 Å². The Bertz CT molecular complexity index is 1470. The van der Waals surface area contributed by atoms with Crippen molar-refractivity contribution >= 4 is 29.9 Å². The van der Waals surface area contributed by atoms with Crippen LogP contribution >= 0.6 is 0 Å². The minimum atomic E-state index is -4.22. The summed E-state index contributed by atoms with van der Waals surface area (Å²) in [5.41, 5.74) is 0.989. The second-order valence-corrected chi connectivity index (χ2v) is 16.5. The van der Waals surface area contributed by atoms with E-state index < -0.39 is 29.9 Å². The topological polar surface area (TPSA) is 127 Å². The van der Waals surface area contributed by atoms with Crippen molar-refractivity contribution in [3.63, 3.8) is 0 Å². The second-order valence-electron chi connectivity index (χ2n) is 10.7. The molecule has 0 aromatic heterocycles. The first kappa shape index (κ1) is 28.7. The Morgan fingerprint density at radius 3 is 1.31 bits per heavy atom. The van der Waals surface area contributed by atoms with E-state index in [0.29, 0.717) is 24.0 Å². The fourth-order valence-electron chi connectivity index (χ4n) is 5.64. The minimum Gasteiger partial charge on any atom is -0.373 e. The van der Waals surface area contributed by atoms with Crippen molar-refractivity contribution in [2.75, 3.05) is 26.2 Å². The summed E-state index contributed by atoms with van der Waals surface area (Å²) in [5.74, 6) is 0. The number of sulfonamides is 2. The van der Waals surface area contributed by atoms with Crippen LogP contribution < -0.4 is 0 Å². The Kier molecular flexibility index (Phi) is 7.49. The molecule has 0 amide bonds. The molecule has 0 bridgehead atoms. The molecule has 3 heterocycles. The Morgan fingerprint density at radius 1 is 0.641 bits per heavy atom. The summed E-state index contributed by atoms with van der Waals surface area (Å²) in [6, 6.07) is 8.42. The fraction of sp³-hybridized carbons (Fsp3) is 0.538. The number of aryl methyl sites for hydroxylation is 2. The van der Waals surface area contributed by atoms with Gasteiger partial charge in [0.1, 0.15) is 0 Å². The lowest BCUT2D eigenvalue weighted by atomic mass is 10.0. The summed E-state index contributed by atoms with van der Waals surface area (Å²) in [6.45, 7) is 7.83. The fourth-order valence-corrected chi connectivity index (χ4v) is 10.9. The maximum Gasteiger partial charge on any atom is 0.243 e. The Labute approximate surface area is 230 Å². The molecular weight excluding hydrogens is 564 g/mol. The van der Waals surface area contributed by atoms with E-state index in [0.717, 1.165) is 0 Å². The van der Waals surface area contributed by atoms with Gasteiger partial charge in [-0.25, -0.2) is 25.3 Å². The van der Waals surface area contributed by atoms with Crippen molar-refractivity contribution < 1.29 is 34.7 Å². The van der Waals surface area contributed by atoms with Gasteiger partial charge in [-0.15, -0.1) is 0 Å². The van der Waals surface area contributed by atoms with Gasteiger partial charge in [-0.2, -0.15) is 8.61 Å². The molecule has 0 unspecified atom stereocenters. The molecule has 2 aromatic rings. The lowest BCUT2D eigenvalue weighted by Crippen LogP contribution is -2.48. The molecule has 3 aliphatic rings. The van der Waals surface area contributed by atoms with Gasteiger partial charge in [-0.05, 0) is 75.9 Å². The van der Waals surface area contributed by atoms with Crippen LogP contribution in [0.4, 0.5) is 0 Å². The number of sulfone groups is 1. The maximum absolute atomic E-state index is 14.0. The number of hydrogen-bond acceptors (Lipinski definition) is 8. The largest absolute Gasteiger partial charge is 0.373 e. The quantitative estimate of drug-likeness (QED) is 0.524. The molecule has 2 saturated heterocycles. The van der Waals surface area contributed by atoms with Crippen LogP contribution in [-0.4, -0.2) is 84.5 Å². The van der Waals surface area contributed by atoms with E-state index in [1.165, 1.54) is 32.9 Å². The smallest absolute Gasteiger partial charge is 0.243 e. The van der Waals surface area contributed by atoms with Crippen molar-refractivity contribution in [3.8, 4) is 0 Å². The van der Waals surface area contributed by atoms with Gasteiger partial charge >= 0.3 is 0 Å². The highest BCUT2D eigenvalue weighted by atomic mass is 32.2. The van der Waals surface area contributed by atoms with Crippen LogP contribution in [0.25, 0.3) is 0 Å². The Hall–Kier alpha value is -1.87. The SMILES string of the molecule is C[C@@H]1CN(S(=O)(=O)c2ccc3c(c2)S(=O)(=O)c2cc(S(=O)(=O)N4C[C@@H](C)O[C@@H](C)C4)ccc2CC3)C[C@H](C)O1. The zero-order valence-electron chi connectivity index (χ0n) is 22.4. The zero-order chi connectivity index (χ0) is 28.3.